The van der Waals surface area contributed by atoms with Crippen LogP contribution < -0.4 is 4.90 Å². The molecular weight excluding hydrogens is 516 g/mol. The predicted octanol–water partition coefficient (Wildman–Crippen LogP) is 11.6. The lowest BCUT2D eigenvalue weighted by atomic mass is 10.1. The van der Waals surface area contributed by atoms with Crippen molar-refractivity contribution in [2.75, 3.05) is 4.90 Å². The molecule has 2 aromatic heterocycles. The van der Waals surface area contributed by atoms with E-state index in [1.54, 1.807) is 0 Å². The Morgan fingerprint density at radius 2 is 1.17 bits per heavy atom. The zero-order chi connectivity index (χ0) is 27.8. The lowest BCUT2D eigenvalue weighted by Crippen LogP contribution is -2.09. The molecule has 8 rings (SSSR count). The van der Waals surface area contributed by atoms with E-state index in [1.807, 2.05) is 25.2 Å². The van der Waals surface area contributed by atoms with E-state index in [1.165, 1.54) is 59.0 Å². The van der Waals surface area contributed by atoms with Gasteiger partial charge in [0.2, 0.25) is 0 Å². The summed E-state index contributed by atoms with van der Waals surface area (Å²) >= 11 is 1.86. The van der Waals surface area contributed by atoms with Crippen molar-refractivity contribution in [3.05, 3.63) is 146 Å². The number of hydrogen-bond donors (Lipinski definition) is 0. The van der Waals surface area contributed by atoms with E-state index in [-0.39, 0.29) is 0 Å². The van der Waals surface area contributed by atoms with Crippen LogP contribution in [0.4, 0.5) is 16.4 Å². The maximum atomic E-state index is 2.43. The first-order chi connectivity index (χ1) is 20.3. The second-order valence-corrected chi connectivity index (χ2v) is 10.9. The first-order valence-corrected chi connectivity index (χ1v) is 15.0. The van der Waals surface area contributed by atoms with Gasteiger partial charge in [0.25, 0.3) is 0 Å². The molecule has 2 heterocycles. The molecule has 8 aromatic rings. The van der Waals surface area contributed by atoms with Crippen LogP contribution in [0.15, 0.2) is 146 Å². The van der Waals surface area contributed by atoms with E-state index in [9.17, 15) is 0 Å². The van der Waals surface area contributed by atoms with Gasteiger partial charge in [-0.1, -0.05) is 117 Å². The van der Waals surface area contributed by atoms with Crippen LogP contribution in [-0.2, 0) is 0 Å². The fraction of sp³-hybridized carbons (Fsp3) is 0.0526. The minimum atomic E-state index is 1.16. The molecule has 2 nitrogen and oxygen atoms in total. The van der Waals surface area contributed by atoms with Gasteiger partial charge < -0.3 is 9.47 Å². The van der Waals surface area contributed by atoms with Crippen LogP contribution in [-0.4, -0.2) is 4.57 Å². The maximum Gasteiger partial charge on any atom is 0.103 e. The molecule has 0 spiro atoms. The number of rotatable bonds is 4. The first-order valence-electron chi connectivity index (χ1n) is 14.2. The molecule has 41 heavy (non-hydrogen) atoms. The maximum absolute atomic E-state index is 2.43. The molecule has 0 atom stereocenters. The normalized spacial score (nSPS) is 11.2. The number of anilines is 3. The highest BCUT2D eigenvalue weighted by Gasteiger charge is 2.22. The van der Waals surface area contributed by atoms with E-state index in [0.29, 0.717) is 0 Å². The van der Waals surface area contributed by atoms with Gasteiger partial charge in [0.1, 0.15) is 5.00 Å². The zero-order valence-electron chi connectivity index (χ0n) is 23.2. The summed E-state index contributed by atoms with van der Waals surface area (Å²) < 4.78 is 3.70. The number of fused-ring (bicyclic) bond motifs is 5. The lowest BCUT2D eigenvalue weighted by molar-refractivity contribution is 1.18. The average Bonchev–Trinajstić information content (AvgIpc) is 3.60. The second-order valence-electron chi connectivity index (χ2n) is 9.85. The third kappa shape index (κ3) is 4.26. The number of hydrogen-bond acceptors (Lipinski definition) is 2. The highest BCUT2D eigenvalue weighted by atomic mass is 32.1. The number of nitrogens with zero attached hydrogens (tertiary/aromatic N) is 2. The Morgan fingerprint density at radius 1 is 0.512 bits per heavy atom. The predicted molar refractivity (Wildman–Crippen MR) is 180 cm³/mol. The molecule has 0 aliphatic rings. The molecule has 0 aliphatic heterocycles. The van der Waals surface area contributed by atoms with Gasteiger partial charge in [0, 0.05) is 22.1 Å². The molecule has 0 bridgehead atoms. The van der Waals surface area contributed by atoms with Gasteiger partial charge in [-0.3, -0.25) is 0 Å². The van der Waals surface area contributed by atoms with Crippen molar-refractivity contribution in [1.82, 2.24) is 4.57 Å². The van der Waals surface area contributed by atoms with Crippen molar-refractivity contribution in [3.63, 3.8) is 0 Å². The molecule has 0 saturated heterocycles. The van der Waals surface area contributed by atoms with Crippen molar-refractivity contribution in [3.8, 4) is 5.69 Å². The van der Waals surface area contributed by atoms with Crippen molar-refractivity contribution >= 4 is 70.4 Å². The molecule has 0 fully saturated rings. The Hall–Kier alpha value is -4.86. The van der Waals surface area contributed by atoms with Crippen LogP contribution in [0.25, 0.3) is 48.4 Å². The Labute approximate surface area is 244 Å². The monoisotopic (exact) mass is 546 g/mol. The minimum absolute atomic E-state index is 1.16. The topological polar surface area (TPSA) is 8.17 Å². The van der Waals surface area contributed by atoms with Gasteiger partial charge in [-0.05, 0) is 58.6 Å². The van der Waals surface area contributed by atoms with Gasteiger partial charge in [-0.2, -0.15) is 0 Å². The Bertz CT molecular complexity index is 2130. The molecular formula is C38H30N2S. The highest BCUT2D eigenvalue weighted by molar-refractivity contribution is 7.24. The van der Waals surface area contributed by atoms with Crippen LogP contribution in [0.2, 0.25) is 0 Å². The van der Waals surface area contributed by atoms with Crippen molar-refractivity contribution < 1.29 is 0 Å². The molecule has 198 valence electrons. The van der Waals surface area contributed by atoms with Gasteiger partial charge in [-0.25, -0.2) is 0 Å². The summed E-state index contributed by atoms with van der Waals surface area (Å²) in [6, 6.07) is 52.4. The zero-order valence-corrected chi connectivity index (χ0v) is 24.0. The molecule has 0 unspecified atom stereocenters. The van der Waals surface area contributed by atoms with Crippen LogP contribution in [0.1, 0.15) is 13.8 Å². The quantitative estimate of drug-likeness (QED) is 0.213. The standard InChI is InChI=1S/C36H24N2S.C2H6/c1-2-15-28(16-3-1)37-33-19-9-8-18-31(33)36-34(37)24-35(39-36)38(29-22-21-25-11-4-5-13-27(25)23-29)32-20-10-14-26-12-6-7-17-30(26)32;1-2/h1-24H;1-2H3. The summed E-state index contributed by atoms with van der Waals surface area (Å²) in [6.07, 6.45) is 0. The molecule has 6 aromatic carbocycles. The largest absolute Gasteiger partial charge is 0.308 e. The van der Waals surface area contributed by atoms with Crippen LogP contribution >= 0.6 is 11.3 Å². The molecule has 0 aliphatic carbocycles. The van der Waals surface area contributed by atoms with Crippen molar-refractivity contribution in [1.29, 1.82) is 0 Å². The molecule has 0 N–H and O–H groups in total. The van der Waals surface area contributed by atoms with Gasteiger partial charge >= 0.3 is 0 Å². The SMILES string of the molecule is CC.c1ccc(-n2c3ccccc3c3sc(N(c4ccc5ccccc5c4)c4cccc5ccccc45)cc32)cc1. The number of aromatic nitrogens is 1. The first kappa shape index (κ1) is 25.1. The van der Waals surface area contributed by atoms with E-state index in [4.69, 9.17) is 0 Å². The van der Waals surface area contributed by atoms with Gasteiger partial charge in [0.15, 0.2) is 0 Å². The Morgan fingerprint density at radius 3 is 2.00 bits per heavy atom. The summed E-state index contributed by atoms with van der Waals surface area (Å²) in [5.74, 6) is 0. The molecule has 0 amide bonds. The van der Waals surface area contributed by atoms with Gasteiger partial charge in [-0.15, -0.1) is 11.3 Å². The van der Waals surface area contributed by atoms with Gasteiger partial charge in [0.05, 0.1) is 21.4 Å². The van der Waals surface area contributed by atoms with Crippen LogP contribution in [0.3, 0.4) is 0 Å². The molecule has 3 heteroatoms. The lowest BCUT2D eigenvalue weighted by Gasteiger charge is -2.25. The van der Waals surface area contributed by atoms with E-state index in [2.05, 4.69) is 155 Å². The smallest absolute Gasteiger partial charge is 0.103 e. The average molecular weight is 547 g/mol. The Kier molecular flexibility index (Phi) is 6.50. The number of thiophene rings is 1. The van der Waals surface area contributed by atoms with Crippen molar-refractivity contribution in [2.45, 2.75) is 13.8 Å². The number of benzene rings is 6. The number of para-hydroxylation sites is 2. The molecule has 0 saturated carbocycles. The summed E-state index contributed by atoms with van der Waals surface area (Å²) in [4.78, 5) is 2.43. The third-order valence-corrected chi connectivity index (χ3v) is 8.71. The summed E-state index contributed by atoms with van der Waals surface area (Å²) in [5.41, 5.74) is 5.98. The second kappa shape index (κ2) is 10.6. The molecule has 0 radical (unpaired) electrons. The fourth-order valence-corrected chi connectivity index (χ4v) is 7.00. The highest BCUT2D eigenvalue weighted by Crippen LogP contribution is 2.47. The van der Waals surface area contributed by atoms with E-state index in [0.717, 1.165) is 5.69 Å². The van der Waals surface area contributed by atoms with E-state index >= 15 is 0 Å². The van der Waals surface area contributed by atoms with Crippen LogP contribution in [0.5, 0.6) is 0 Å². The minimum Gasteiger partial charge on any atom is -0.308 e. The van der Waals surface area contributed by atoms with Crippen molar-refractivity contribution in [2.24, 2.45) is 0 Å². The van der Waals surface area contributed by atoms with Crippen LogP contribution in [0, 0.1) is 0 Å². The summed E-state index contributed by atoms with van der Waals surface area (Å²) in [6.45, 7) is 4.00. The summed E-state index contributed by atoms with van der Waals surface area (Å²) in [5, 5.41) is 7.44. The fourth-order valence-electron chi connectivity index (χ4n) is 5.79. The Balaban J connectivity index is 0.00000135. The van der Waals surface area contributed by atoms with E-state index < -0.39 is 0 Å². The third-order valence-electron chi connectivity index (χ3n) is 7.56. The summed E-state index contributed by atoms with van der Waals surface area (Å²) in [7, 11) is 0.